The van der Waals surface area contributed by atoms with Gasteiger partial charge < -0.3 is 9.84 Å². The highest BCUT2D eigenvalue weighted by molar-refractivity contribution is 7.90. The van der Waals surface area contributed by atoms with E-state index in [2.05, 4.69) is 4.72 Å². The molecule has 1 saturated heterocycles. The molecule has 1 aliphatic heterocycles. The van der Waals surface area contributed by atoms with E-state index in [0.717, 1.165) is 6.92 Å². The zero-order valence-corrected chi connectivity index (χ0v) is 10.4. The second kappa shape index (κ2) is 4.31. The summed E-state index contributed by atoms with van der Waals surface area (Å²) >= 11 is 0. The average Bonchev–Trinajstić information content (AvgIpc) is 2.44. The zero-order valence-electron chi connectivity index (χ0n) is 9.56. The highest BCUT2D eigenvalue weighted by Crippen LogP contribution is 2.26. The van der Waals surface area contributed by atoms with E-state index < -0.39 is 26.8 Å². The highest BCUT2D eigenvalue weighted by atomic mass is 32.2. The van der Waals surface area contributed by atoms with Crippen LogP contribution in [-0.2, 0) is 19.6 Å². The monoisotopic (exact) mass is 251 g/mol. The summed E-state index contributed by atoms with van der Waals surface area (Å²) in [4.78, 5) is 10.7. The van der Waals surface area contributed by atoms with E-state index in [-0.39, 0.29) is 6.10 Å². The van der Waals surface area contributed by atoms with E-state index in [9.17, 15) is 13.2 Å². The van der Waals surface area contributed by atoms with Gasteiger partial charge in [-0.15, -0.1) is 0 Å². The van der Waals surface area contributed by atoms with Crippen LogP contribution < -0.4 is 4.72 Å². The molecule has 0 bridgehead atoms. The van der Waals surface area contributed by atoms with Crippen molar-refractivity contribution < 1.29 is 23.1 Å². The number of rotatable bonds is 4. The number of hydrogen-bond acceptors (Lipinski definition) is 4. The lowest BCUT2D eigenvalue weighted by Gasteiger charge is -2.29. The van der Waals surface area contributed by atoms with Gasteiger partial charge in [-0.3, -0.25) is 4.79 Å². The van der Waals surface area contributed by atoms with E-state index in [1.165, 1.54) is 0 Å². The van der Waals surface area contributed by atoms with Crippen molar-refractivity contribution in [2.75, 3.05) is 6.61 Å². The van der Waals surface area contributed by atoms with Crippen LogP contribution in [0.4, 0.5) is 0 Å². The summed E-state index contributed by atoms with van der Waals surface area (Å²) in [6.07, 6.45) is 0.281. The normalized spacial score (nSPS) is 32.6. The molecule has 7 heteroatoms. The number of sulfonamides is 1. The second-order valence-electron chi connectivity index (χ2n) is 4.31. The minimum absolute atomic E-state index is 0.261. The van der Waals surface area contributed by atoms with Crippen LogP contribution in [0.15, 0.2) is 0 Å². The number of hydrogen-bond donors (Lipinski definition) is 2. The van der Waals surface area contributed by atoms with Gasteiger partial charge in [0.15, 0.2) is 5.25 Å². The molecule has 0 aromatic rings. The lowest BCUT2D eigenvalue weighted by Crippen LogP contribution is -2.53. The minimum Gasteiger partial charge on any atom is -0.480 e. The fourth-order valence-corrected chi connectivity index (χ4v) is 2.88. The van der Waals surface area contributed by atoms with Crippen molar-refractivity contribution in [1.29, 1.82) is 0 Å². The van der Waals surface area contributed by atoms with Crippen LogP contribution in [0.25, 0.3) is 0 Å². The predicted octanol–water partition coefficient (Wildman–Crippen LogP) is -0.0536. The molecule has 1 rings (SSSR count). The SMILES string of the molecule is CC1OCCC1(C)NS(=O)(=O)C(C)C(=O)O. The summed E-state index contributed by atoms with van der Waals surface area (Å²) in [5.74, 6) is -1.36. The molecular weight excluding hydrogens is 234 g/mol. The number of aliphatic carboxylic acids is 1. The maximum atomic E-state index is 11.7. The third-order valence-corrected chi connectivity index (χ3v) is 4.96. The van der Waals surface area contributed by atoms with Crippen molar-refractivity contribution in [2.24, 2.45) is 0 Å². The number of carbonyl (C=O) groups is 1. The Bertz CT molecular complexity index is 379. The van der Waals surface area contributed by atoms with Gasteiger partial charge in [-0.05, 0) is 27.2 Å². The topological polar surface area (TPSA) is 92.7 Å². The lowest BCUT2D eigenvalue weighted by atomic mass is 9.97. The minimum atomic E-state index is -3.86. The molecule has 0 amide bonds. The largest absolute Gasteiger partial charge is 0.480 e. The number of nitrogens with one attached hydrogen (secondary N) is 1. The maximum Gasteiger partial charge on any atom is 0.323 e. The molecule has 2 N–H and O–H groups in total. The molecular formula is C9H17NO5S. The smallest absolute Gasteiger partial charge is 0.323 e. The highest BCUT2D eigenvalue weighted by Gasteiger charge is 2.42. The molecule has 0 aromatic carbocycles. The van der Waals surface area contributed by atoms with Gasteiger partial charge >= 0.3 is 5.97 Å². The Kier molecular flexibility index (Phi) is 3.61. The Morgan fingerprint density at radius 2 is 2.19 bits per heavy atom. The fourth-order valence-electron chi connectivity index (χ4n) is 1.52. The fraction of sp³-hybridized carbons (Fsp3) is 0.889. The van der Waals surface area contributed by atoms with Crippen molar-refractivity contribution in [3.8, 4) is 0 Å². The van der Waals surface area contributed by atoms with Crippen LogP contribution in [0.2, 0.25) is 0 Å². The summed E-state index contributed by atoms with van der Waals surface area (Å²) in [6, 6.07) is 0. The third-order valence-electron chi connectivity index (χ3n) is 3.08. The molecule has 94 valence electrons. The lowest BCUT2D eigenvalue weighted by molar-refractivity contribution is -0.136. The van der Waals surface area contributed by atoms with E-state index in [1.54, 1.807) is 13.8 Å². The Morgan fingerprint density at radius 1 is 1.62 bits per heavy atom. The molecule has 3 unspecified atom stereocenters. The van der Waals surface area contributed by atoms with E-state index >= 15 is 0 Å². The first-order valence-electron chi connectivity index (χ1n) is 5.06. The molecule has 6 nitrogen and oxygen atoms in total. The van der Waals surface area contributed by atoms with Crippen LogP contribution >= 0.6 is 0 Å². The maximum absolute atomic E-state index is 11.7. The Labute approximate surface area is 95.0 Å². The van der Waals surface area contributed by atoms with Gasteiger partial charge in [0.25, 0.3) is 0 Å². The molecule has 0 radical (unpaired) electrons. The predicted molar refractivity (Wildman–Crippen MR) is 57.6 cm³/mol. The first-order valence-corrected chi connectivity index (χ1v) is 6.61. The van der Waals surface area contributed by atoms with Crippen molar-refractivity contribution >= 4 is 16.0 Å². The molecule has 16 heavy (non-hydrogen) atoms. The van der Waals surface area contributed by atoms with Crippen LogP contribution in [0.5, 0.6) is 0 Å². The van der Waals surface area contributed by atoms with Crippen LogP contribution in [0.1, 0.15) is 27.2 Å². The summed E-state index contributed by atoms with van der Waals surface area (Å²) in [6.45, 7) is 5.11. The quantitative estimate of drug-likeness (QED) is 0.730. The molecule has 1 aliphatic rings. The van der Waals surface area contributed by atoms with Gasteiger partial charge in [0.05, 0.1) is 11.6 Å². The van der Waals surface area contributed by atoms with Crippen molar-refractivity contribution in [2.45, 2.75) is 44.1 Å². The number of ether oxygens (including phenoxy) is 1. The van der Waals surface area contributed by atoms with Gasteiger partial charge in [-0.2, -0.15) is 0 Å². The van der Waals surface area contributed by atoms with Crippen molar-refractivity contribution in [3.63, 3.8) is 0 Å². The molecule has 0 saturated carbocycles. The van der Waals surface area contributed by atoms with Gasteiger partial charge in [0, 0.05) is 6.61 Å². The Hall–Kier alpha value is -0.660. The van der Waals surface area contributed by atoms with Crippen molar-refractivity contribution in [3.05, 3.63) is 0 Å². The number of carboxylic acid groups (broad SMARTS) is 1. The van der Waals surface area contributed by atoms with E-state index in [4.69, 9.17) is 9.84 Å². The number of carboxylic acids is 1. The van der Waals surface area contributed by atoms with E-state index in [0.29, 0.717) is 13.0 Å². The first-order chi connectivity index (χ1) is 7.19. The summed E-state index contributed by atoms with van der Waals surface area (Å²) in [7, 11) is -3.86. The van der Waals surface area contributed by atoms with Crippen molar-refractivity contribution in [1.82, 2.24) is 4.72 Å². The van der Waals surface area contributed by atoms with Crippen LogP contribution in [-0.4, -0.2) is 43.0 Å². The third kappa shape index (κ3) is 2.53. The summed E-state index contributed by atoms with van der Waals surface area (Å²) < 4.78 is 31.2. The zero-order chi connectivity index (χ0) is 12.6. The van der Waals surface area contributed by atoms with Gasteiger partial charge in [-0.25, -0.2) is 13.1 Å². The van der Waals surface area contributed by atoms with Gasteiger partial charge in [0.1, 0.15) is 0 Å². The van der Waals surface area contributed by atoms with Crippen LogP contribution in [0.3, 0.4) is 0 Å². The summed E-state index contributed by atoms with van der Waals surface area (Å²) in [5, 5.41) is 7.23. The Morgan fingerprint density at radius 3 is 2.56 bits per heavy atom. The molecule has 0 aromatic heterocycles. The molecule has 3 atom stereocenters. The molecule has 1 fully saturated rings. The molecule has 1 heterocycles. The first kappa shape index (κ1) is 13.4. The van der Waals surface area contributed by atoms with Gasteiger partial charge in [-0.1, -0.05) is 0 Å². The Balaban J connectivity index is 2.84. The van der Waals surface area contributed by atoms with Gasteiger partial charge in [0.2, 0.25) is 10.0 Å². The second-order valence-corrected chi connectivity index (χ2v) is 6.31. The van der Waals surface area contributed by atoms with Crippen LogP contribution in [0, 0.1) is 0 Å². The molecule has 0 spiro atoms. The standard InChI is InChI=1S/C9H17NO5S/c1-6(8(11)12)16(13,14)10-9(3)4-5-15-7(9)2/h6-7,10H,4-5H2,1-3H3,(H,11,12). The van der Waals surface area contributed by atoms with E-state index in [1.807, 2.05) is 0 Å². The summed E-state index contributed by atoms with van der Waals surface area (Å²) in [5.41, 5.74) is -0.720. The molecule has 0 aliphatic carbocycles. The average molecular weight is 251 g/mol.